The molecule has 1 fully saturated rings. The Morgan fingerprint density at radius 3 is 1.44 bits per heavy atom. The van der Waals surface area contributed by atoms with Gasteiger partial charge in [-0.05, 0) is 95.9 Å². The normalized spacial score (nSPS) is 19.0. The Kier molecular flexibility index (Phi) is 17.5. The van der Waals surface area contributed by atoms with E-state index in [9.17, 15) is 22.6 Å². The molecular formula is C48H54F3O14P. The second kappa shape index (κ2) is 23.2. The molecule has 1 heterocycles. The molecule has 2 unspecified atom stereocenters. The molecule has 1 N–H and O–H groups in total. The maximum atomic E-state index is 14.8. The Morgan fingerprint density at radius 1 is 0.530 bits per heavy atom. The summed E-state index contributed by atoms with van der Waals surface area (Å²) in [5.41, 5.74) is 1.19. The van der Waals surface area contributed by atoms with E-state index in [2.05, 4.69) is 0 Å². The topological polar surface area (TPSA) is 148 Å². The third-order valence-electron chi connectivity index (χ3n) is 10.9. The maximum Gasteiger partial charge on any atom is 0.229 e. The fourth-order valence-electron chi connectivity index (χ4n) is 7.42. The van der Waals surface area contributed by atoms with Crippen LogP contribution in [0.4, 0.5) is 13.2 Å². The molecule has 0 aliphatic carbocycles. The maximum absolute atomic E-state index is 14.8. The van der Waals surface area contributed by atoms with Crippen molar-refractivity contribution in [3.63, 3.8) is 0 Å². The summed E-state index contributed by atoms with van der Waals surface area (Å²) in [6.45, 7) is -0.100. The predicted molar refractivity (Wildman–Crippen MR) is 236 cm³/mol. The summed E-state index contributed by atoms with van der Waals surface area (Å²) >= 11 is 0. The van der Waals surface area contributed by atoms with Crippen LogP contribution in [0.2, 0.25) is 0 Å². The summed E-state index contributed by atoms with van der Waals surface area (Å²) in [5.74, 6) is -0.263. The van der Waals surface area contributed by atoms with Crippen molar-refractivity contribution in [3.05, 3.63) is 131 Å². The molecule has 0 spiro atoms. The number of ether oxygens (including phenoxy) is 12. The van der Waals surface area contributed by atoms with Gasteiger partial charge in [-0.1, -0.05) is 18.2 Å². The van der Waals surface area contributed by atoms with Gasteiger partial charge in [0.1, 0.15) is 35.6 Å². The first kappa shape index (κ1) is 49.7. The molecule has 5 aromatic carbocycles. The summed E-state index contributed by atoms with van der Waals surface area (Å²) in [4.78, 5) is 11.3. The first-order valence-corrected chi connectivity index (χ1v) is 22.7. The lowest BCUT2D eigenvalue weighted by Crippen LogP contribution is -2.61. The molecule has 5 aromatic rings. The average molecular weight is 943 g/mol. The van der Waals surface area contributed by atoms with Gasteiger partial charge in [0.15, 0.2) is 46.1 Å². The molecule has 0 amide bonds. The SMILES string of the molecule is COc1ccc(OC2O[C@H](CCP(=O)(O)Cc3c(F)ccc(F)c3F)[C@@H](OCc3ccc(OC)c(OC)c3)[C@H](OCc3ccc(OC)c(OC)c3)[C@@H]2OCc2ccc(OC)c(OC)c2)cc1. The first-order valence-electron chi connectivity index (χ1n) is 20.7. The lowest BCUT2D eigenvalue weighted by molar-refractivity contribution is -0.304. The lowest BCUT2D eigenvalue weighted by atomic mass is 9.96. The van der Waals surface area contributed by atoms with Gasteiger partial charge in [0.2, 0.25) is 13.7 Å². The lowest BCUT2D eigenvalue weighted by Gasteiger charge is -2.46. The predicted octanol–water partition coefficient (Wildman–Crippen LogP) is 8.88. The summed E-state index contributed by atoms with van der Waals surface area (Å²) in [6.07, 6.45) is -7.30. The minimum Gasteiger partial charge on any atom is -0.497 e. The molecule has 0 bridgehead atoms. The third kappa shape index (κ3) is 12.4. The zero-order valence-electron chi connectivity index (χ0n) is 37.6. The minimum atomic E-state index is -4.44. The van der Waals surface area contributed by atoms with Crippen molar-refractivity contribution in [3.8, 4) is 46.0 Å². The molecule has 1 saturated heterocycles. The minimum absolute atomic E-state index is 0.0171. The van der Waals surface area contributed by atoms with Gasteiger partial charge in [0.05, 0.1) is 81.9 Å². The number of benzene rings is 5. The van der Waals surface area contributed by atoms with Gasteiger partial charge in [-0.3, -0.25) is 4.57 Å². The Hall–Kier alpha value is -5.68. The molecule has 1 aliphatic heterocycles. The van der Waals surface area contributed by atoms with E-state index in [4.69, 9.17) is 56.8 Å². The van der Waals surface area contributed by atoms with E-state index in [1.807, 2.05) is 0 Å². The van der Waals surface area contributed by atoms with Gasteiger partial charge in [0.25, 0.3) is 0 Å². The highest BCUT2D eigenvalue weighted by Crippen LogP contribution is 2.48. The van der Waals surface area contributed by atoms with Gasteiger partial charge in [-0.15, -0.1) is 0 Å². The van der Waals surface area contributed by atoms with Crippen LogP contribution < -0.4 is 37.9 Å². The van der Waals surface area contributed by atoms with Gasteiger partial charge >= 0.3 is 0 Å². The van der Waals surface area contributed by atoms with Crippen LogP contribution in [0.25, 0.3) is 0 Å². The van der Waals surface area contributed by atoms with Crippen LogP contribution in [0.1, 0.15) is 28.7 Å². The van der Waals surface area contributed by atoms with Crippen molar-refractivity contribution in [1.82, 2.24) is 0 Å². The molecule has 0 aromatic heterocycles. The molecule has 14 nitrogen and oxygen atoms in total. The Labute approximate surface area is 381 Å². The molecule has 18 heteroatoms. The van der Waals surface area contributed by atoms with Gasteiger partial charge in [-0.2, -0.15) is 0 Å². The van der Waals surface area contributed by atoms with Gasteiger partial charge in [0, 0.05) is 11.7 Å². The second-order valence-corrected chi connectivity index (χ2v) is 17.5. The molecular weight excluding hydrogens is 888 g/mol. The smallest absolute Gasteiger partial charge is 0.229 e. The monoisotopic (exact) mass is 942 g/mol. The number of halogens is 3. The van der Waals surface area contributed by atoms with E-state index < -0.39 is 73.4 Å². The number of methoxy groups -OCH3 is 7. The number of hydrogen-bond acceptors (Lipinski definition) is 13. The fraction of sp³-hybridized carbons (Fsp3) is 0.375. The largest absolute Gasteiger partial charge is 0.497 e. The summed E-state index contributed by atoms with van der Waals surface area (Å²) in [7, 11) is 6.19. The van der Waals surface area contributed by atoms with Crippen LogP contribution in [0, 0.1) is 17.5 Å². The Morgan fingerprint density at radius 2 is 0.970 bits per heavy atom. The van der Waals surface area contributed by atoms with Crippen molar-refractivity contribution in [2.24, 2.45) is 0 Å². The molecule has 356 valence electrons. The van der Waals surface area contributed by atoms with E-state index in [1.165, 1.54) is 49.8 Å². The standard InChI is InChI=1S/C48H54F3O14P/c1-54-32-11-13-33(14-12-32)64-48-47(63-27-31-10-19-39(57-4)43(24-31)60-7)46(62-26-30-9-18-38(56-3)42(23-30)59-6)45(61-25-29-8-17-37(55-2)41(22-29)58-5)40(65-48)20-21-66(52,53)28-34-35(49)15-16-36(50)44(34)51/h8-19,22-24,40,45-48H,20-21,25-28H2,1-7H3,(H,52,53)/t40-,45-,46+,47+,48?/m1/s1. The molecule has 1 aliphatic rings. The van der Waals surface area contributed by atoms with Crippen LogP contribution in [0.5, 0.6) is 46.0 Å². The van der Waals surface area contributed by atoms with Gasteiger partial charge in [-0.25, -0.2) is 13.2 Å². The van der Waals surface area contributed by atoms with Crippen molar-refractivity contribution in [1.29, 1.82) is 0 Å². The zero-order chi connectivity index (χ0) is 47.4. The van der Waals surface area contributed by atoms with E-state index in [1.54, 1.807) is 78.9 Å². The average Bonchev–Trinajstić information content (AvgIpc) is 3.34. The van der Waals surface area contributed by atoms with Crippen LogP contribution in [0.3, 0.4) is 0 Å². The van der Waals surface area contributed by atoms with Crippen LogP contribution in [-0.4, -0.2) is 91.5 Å². The number of hydrogen-bond donors (Lipinski definition) is 1. The van der Waals surface area contributed by atoms with Crippen molar-refractivity contribution in [2.45, 2.75) is 63.1 Å². The highest BCUT2D eigenvalue weighted by Gasteiger charge is 2.50. The van der Waals surface area contributed by atoms with Crippen molar-refractivity contribution < 1.29 is 79.5 Å². The second-order valence-electron chi connectivity index (χ2n) is 15.1. The van der Waals surface area contributed by atoms with E-state index in [-0.39, 0.29) is 26.2 Å². The van der Waals surface area contributed by atoms with Crippen molar-refractivity contribution in [2.75, 3.05) is 55.9 Å². The van der Waals surface area contributed by atoms with Crippen LogP contribution in [-0.2, 0) is 49.5 Å². The van der Waals surface area contributed by atoms with E-state index in [0.29, 0.717) is 74.8 Å². The van der Waals surface area contributed by atoms with E-state index >= 15 is 0 Å². The quantitative estimate of drug-likeness (QED) is 0.0491. The summed E-state index contributed by atoms with van der Waals surface area (Å²) in [6, 6.07) is 23.9. The third-order valence-corrected chi connectivity index (χ3v) is 12.6. The molecule has 0 radical (unpaired) electrons. The van der Waals surface area contributed by atoms with E-state index in [0.717, 1.165) is 0 Å². The molecule has 66 heavy (non-hydrogen) atoms. The first-order chi connectivity index (χ1) is 31.8. The number of rotatable bonds is 23. The zero-order valence-corrected chi connectivity index (χ0v) is 38.5. The fourth-order valence-corrected chi connectivity index (χ4v) is 9.02. The van der Waals surface area contributed by atoms with Crippen molar-refractivity contribution >= 4 is 7.37 Å². The molecule has 0 saturated carbocycles. The Bertz CT molecular complexity index is 2420. The highest BCUT2D eigenvalue weighted by atomic mass is 31.2. The van der Waals surface area contributed by atoms with Crippen LogP contribution in [0.15, 0.2) is 91.0 Å². The van der Waals surface area contributed by atoms with Gasteiger partial charge < -0.3 is 61.7 Å². The molecule has 6 atom stereocenters. The van der Waals surface area contributed by atoms with Crippen LogP contribution >= 0.6 is 7.37 Å². The summed E-state index contributed by atoms with van der Waals surface area (Å²) in [5, 5.41) is 0. The summed E-state index contributed by atoms with van der Waals surface area (Å²) < 4.78 is 130. The highest BCUT2D eigenvalue weighted by molar-refractivity contribution is 7.57. The Balaban J connectivity index is 1.43. The molecule has 6 rings (SSSR count).